The van der Waals surface area contributed by atoms with Crippen molar-refractivity contribution in [2.24, 2.45) is 11.8 Å². The number of carbonyl (C=O) groups is 1. The van der Waals surface area contributed by atoms with Crippen molar-refractivity contribution in [2.45, 2.75) is 75.7 Å². The van der Waals surface area contributed by atoms with Gasteiger partial charge in [0.25, 0.3) is 0 Å². The summed E-state index contributed by atoms with van der Waals surface area (Å²) in [7, 11) is 1.49. The van der Waals surface area contributed by atoms with Gasteiger partial charge in [0, 0.05) is 29.0 Å². The first kappa shape index (κ1) is 28.9. The summed E-state index contributed by atoms with van der Waals surface area (Å²) >= 11 is 6.28. The lowest BCUT2D eigenvalue weighted by Crippen LogP contribution is -2.53. The van der Waals surface area contributed by atoms with Gasteiger partial charge in [0.1, 0.15) is 17.1 Å². The second-order valence-corrected chi connectivity index (χ2v) is 13.2. The van der Waals surface area contributed by atoms with E-state index < -0.39 is 5.54 Å². The molecule has 3 aromatic rings. The van der Waals surface area contributed by atoms with Crippen LogP contribution in [-0.4, -0.2) is 36.8 Å². The minimum atomic E-state index is -0.771. The first-order chi connectivity index (χ1) is 20.3. The maximum absolute atomic E-state index is 13.3. The number of ether oxygens (including phenoxy) is 2. The van der Waals surface area contributed by atoms with Gasteiger partial charge in [0.15, 0.2) is 0 Å². The number of nitrogens with zero attached hydrogens (tertiary/aromatic N) is 1. The predicted molar refractivity (Wildman–Crippen MR) is 169 cm³/mol. The average molecular weight is 588 g/mol. The Kier molecular flexibility index (Phi) is 8.10. The smallest absolute Gasteiger partial charge is 0.331 e. The number of aromatic nitrogens is 1. The fourth-order valence-corrected chi connectivity index (χ4v) is 8.12. The number of benzene rings is 2. The third kappa shape index (κ3) is 5.34. The number of anilines is 2. The molecule has 3 aliphatic rings. The number of halogens is 1. The number of esters is 1. The Hall–Kier alpha value is -3.25. The molecule has 1 fully saturated rings. The van der Waals surface area contributed by atoms with Gasteiger partial charge in [-0.2, -0.15) is 0 Å². The number of carbonyl (C=O) groups excluding carboxylic acids is 1. The lowest BCUT2D eigenvalue weighted by molar-refractivity contribution is -0.148. The summed E-state index contributed by atoms with van der Waals surface area (Å²) in [6.45, 7) is 6.20. The van der Waals surface area contributed by atoms with Crippen molar-refractivity contribution in [3.8, 4) is 5.75 Å². The molecule has 1 saturated carbocycles. The van der Waals surface area contributed by atoms with E-state index in [1.807, 2.05) is 36.5 Å². The van der Waals surface area contributed by atoms with Gasteiger partial charge in [0.05, 0.1) is 13.7 Å². The highest BCUT2D eigenvalue weighted by Gasteiger charge is 2.54. The van der Waals surface area contributed by atoms with Crippen molar-refractivity contribution in [3.63, 3.8) is 0 Å². The number of pyridine rings is 1. The Morgan fingerprint density at radius 3 is 2.74 bits per heavy atom. The minimum absolute atomic E-state index is 0.0344. The molecule has 1 aromatic heterocycles. The molecule has 0 amide bonds. The zero-order valence-electron chi connectivity index (χ0n) is 24.9. The summed E-state index contributed by atoms with van der Waals surface area (Å²) in [4.78, 5) is 17.8. The van der Waals surface area contributed by atoms with Crippen molar-refractivity contribution in [1.82, 2.24) is 4.98 Å². The number of nitrogens with one attached hydrogen (secondary N) is 2. The third-order valence-corrected chi connectivity index (χ3v) is 10.3. The van der Waals surface area contributed by atoms with E-state index in [1.165, 1.54) is 23.8 Å². The lowest BCUT2D eigenvalue weighted by atomic mass is 9.59. The predicted octanol–water partition coefficient (Wildman–Crippen LogP) is 7.77. The van der Waals surface area contributed by atoms with E-state index in [9.17, 15) is 4.79 Å². The van der Waals surface area contributed by atoms with Gasteiger partial charge < -0.3 is 20.1 Å². The topological polar surface area (TPSA) is 72.5 Å². The van der Waals surface area contributed by atoms with Crippen molar-refractivity contribution < 1.29 is 14.3 Å². The first-order valence-electron chi connectivity index (χ1n) is 15.4. The summed E-state index contributed by atoms with van der Waals surface area (Å²) in [5.74, 6) is 3.03. The molecule has 3 atom stereocenters. The van der Waals surface area contributed by atoms with Crippen LogP contribution in [0.1, 0.15) is 75.0 Å². The Balaban J connectivity index is 1.20. The Morgan fingerprint density at radius 1 is 1.14 bits per heavy atom. The first-order valence-corrected chi connectivity index (χ1v) is 15.8. The van der Waals surface area contributed by atoms with Crippen molar-refractivity contribution in [2.75, 3.05) is 30.9 Å². The van der Waals surface area contributed by atoms with Crippen LogP contribution in [0.4, 0.5) is 11.5 Å². The molecule has 2 aromatic carbocycles. The molecule has 0 radical (unpaired) electrons. The van der Waals surface area contributed by atoms with Crippen LogP contribution in [0.3, 0.4) is 0 Å². The van der Waals surface area contributed by atoms with Gasteiger partial charge in [-0.25, -0.2) is 9.78 Å². The average Bonchev–Trinajstić information content (AvgIpc) is 3.29. The van der Waals surface area contributed by atoms with Gasteiger partial charge in [0.2, 0.25) is 0 Å². The van der Waals surface area contributed by atoms with Crippen LogP contribution < -0.4 is 15.4 Å². The largest absolute Gasteiger partial charge is 0.493 e. The second kappa shape index (κ2) is 11.8. The molecule has 6 rings (SSSR count). The third-order valence-electron chi connectivity index (χ3n) is 10.1. The molecule has 0 saturated heterocycles. The zero-order valence-corrected chi connectivity index (χ0v) is 25.7. The van der Waals surface area contributed by atoms with Crippen LogP contribution in [0.25, 0.3) is 0 Å². The zero-order chi connectivity index (χ0) is 29.3. The van der Waals surface area contributed by atoms with E-state index >= 15 is 0 Å². The van der Waals surface area contributed by atoms with Crippen LogP contribution in [0.2, 0.25) is 5.02 Å². The normalized spacial score (nSPS) is 27.0. The van der Waals surface area contributed by atoms with Gasteiger partial charge in [-0.05, 0) is 104 Å². The summed E-state index contributed by atoms with van der Waals surface area (Å²) in [6.07, 6.45) is 8.33. The van der Waals surface area contributed by atoms with E-state index in [0.29, 0.717) is 42.2 Å². The van der Waals surface area contributed by atoms with Crippen LogP contribution in [-0.2, 0) is 21.4 Å². The maximum atomic E-state index is 13.3. The molecule has 222 valence electrons. The van der Waals surface area contributed by atoms with Crippen LogP contribution in [0.15, 0.2) is 60.8 Å². The van der Waals surface area contributed by atoms with Crippen LogP contribution >= 0.6 is 11.6 Å². The van der Waals surface area contributed by atoms with Gasteiger partial charge in [-0.1, -0.05) is 55.8 Å². The van der Waals surface area contributed by atoms with E-state index in [-0.39, 0.29) is 11.4 Å². The number of hydrogen-bond acceptors (Lipinski definition) is 6. The fourth-order valence-electron chi connectivity index (χ4n) is 7.93. The Bertz CT molecular complexity index is 1430. The summed E-state index contributed by atoms with van der Waals surface area (Å²) in [6, 6.07) is 18.6. The van der Waals surface area contributed by atoms with Gasteiger partial charge in [-0.15, -0.1) is 0 Å². The number of fused-ring (bicyclic) bond motifs is 3. The fraction of sp³-hybridized carbons (Fsp3) is 0.486. The summed E-state index contributed by atoms with van der Waals surface area (Å²) in [5, 5.41) is 7.62. The maximum Gasteiger partial charge on any atom is 0.331 e. The number of methoxy groups -OCH3 is 1. The molecule has 6 nitrogen and oxygen atoms in total. The number of hydrogen-bond donors (Lipinski definition) is 2. The van der Waals surface area contributed by atoms with Crippen molar-refractivity contribution >= 4 is 29.1 Å². The highest BCUT2D eigenvalue weighted by atomic mass is 35.5. The van der Waals surface area contributed by atoms with Gasteiger partial charge >= 0.3 is 5.97 Å². The lowest BCUT2D eigenvalue weighted by Gasteiger charge is -2.47. The molecule has 7 heteroatoms. The molecule has 2 aliphatic carbocycles. The standard InChI is InChI=1S/C35H42ClN3O3/c1-23(22-42-30-12-18-38-32-31(30)24(2)11-17-37-32)19-26-20-25-7-4-5-10-29(25)34(26)13-15-35(16-14-34,33(40)41-3)39-28-9-6-8-27(36)21-28/h4-10,12,18,21,23-24,26,39H,11,13-17,19-20,22H2,1-3H3,(H,37,38)/t23-,24?,26+,34?,35?/m1/s1. The van der Waals surface area contributed by atoms with E-state index in [1.54, 1.807) is 0 Å². The van der Waals surface area contributed by atoms with E-state index in [2.05, 4.69) is 53.7 Å². The van der Waals surface area contributed by atoms with Gasteiger partial charge in [-0.3, -0.25) is 0 Å². The van der Waals surface area contributed by atoms with Crippen molar-refractivity contribution in [1.29, 1.82) is 0 Å². The molecule has 42 heavy (non-hydrogen) atoms. The monoisotopic (exact) mass is 587 g/mol. The van der Waals surface area contributed by atoms with Crippen LogP contribution in [0.5, 0.6) is 5.75 Å². The molecule has 2 N–H and O–H groups in total. The molecule has 0 bridgehead atoms. The molecular weight excluding hydrogens is 546 g/mol. The number of rotatable bonds is 8. The molecule has 1 spiro atoms. The Morgan fingerprint density at radius 2 is 1.95 bits per heavy atom. The minimum Gasteiger partial charge on any atom is -0.493 e. The molecule has 1 unspecified atom stereocenters. The molecular formula is C35H42ClN3O3. The highest BCUT2D eigenvalue weighted by molar-refractivity contribution is 6.30. The molecule has 1 aliphatic heterocycles. The SMILES string of the molecule is COC(=O)C1(Nc2cccc(Cl)c2)CCC2(CC1)c1ccccc1C[C@@H]2C[C@@H](C)COc1ccnc2c1C(C)CCN2. The van der Waals surface area contributed by atoms with E-state index in [0.717, 1.165) is 55.9 Å². The second-order valence-electron chi connectivity index (χ2n) is 12.8. The van der Waals surface area contributed by atoms with Crippen molar-refractivity contribution in [3.05, 3.63) is 82.5 Å². The van der Waals surface area contributed by atoms with E-state index in [4.69, 9.17) is 21.1 Å². The quantitative estimate of drug-likeness (QED) is 0.262. The molecule has 2 heterocycles. The highest BCUT2D eigenvalue weighted by Crippen LogP contribution is 2.56. The summed E-state index contributed by atoms with van der Waals surface area (Å²) < 4.78 is 11.9. The Labute approximate surface area is 254 Å². The summed E-state index contributed by atoms with van der Waals surface area (Å²) in [5.41, 5.74) is 4.24. The van der Waals surface area contributed by atoms with Crippen LogP contribution in [0, 0.1) is 11.8 Å².